The Morgan fingerprint density at radius 3 is 1.27 bits per heavy atom. The van der Waals surface area contributed by atoms with Gasteiger partial charge in [0.1, 0.15) is 6.61 Å². The van der Waals surface area contributed by atoms with Crippen molar-refractivity contribution in [1.82, 2.24) is 0 Å². The van der Waals surface area contributed by atoms with E-state index in [4.69, 9.17) is 0 Å². The molecule has 0 aliphatic carbocycles. The Kier molecular flexibility index (Phi) is 8.11. The van der Waals surface area contributed by atoms with Crippen molar-refractivity contribution < 1.29 is 89.2 Å². The van der Waals surface area contributed by atoms with Gasteiger partial charge in [-0.25, -0.2) is 4.79 Å². The molecule has 33 heavy (non-hydrogen) atoms. The molecule has 0 saturated heterocycles. The minimum Gasteiger partial charge on any atom is -0.294 e. The third-order valence-corrected chi connectivity index (χ3v) is 3.59. The lowest BCUT2D eigenvalue weighted by Crippen LogP contribution is -2.74. The van der Waals surface area contributed by atoms with E-state index in [1.165, 1.54) is 0 Å². The summed E-state index contributed by atoms with van der Waals surface area (Å²) in [5.74, 6) is -58.5. The molecule has 0 aromatic carbocycles. The molecule has 0 N–H and O–H groups in total. The summed E-state index contributed by atoms with van der Waals surface area (Å²) in [5.41, 5.74) is 0. The van der Waals surface area contributed by atoms with E-state index in [2.05, 4.69) is 16.4 Å². The van der Waals surface area contributed by atoms with Crippen molar-refractivity contribution in [2.75, 3.05) is 6.61 Å². The van der Waals surface area contributed by atoms with E-state index < -0.39 is 66.6 Å². The molecule has 0 aliphatic rings. The fourth-order valence-electron chi connectivity index (χ4n) is 1.66. The Hall–Kier alpha value is -2.02. The van der Waals surface area contributed by atoms with Crippen LogP contribution in [0.3, 0.4) is 0 Å². The molecule has 0 aromatic heterocycles. The van der Waals surface area contributed by atoms with Crippen molar-refractivity contribution in [3.8, 4) is 0 Å². The zero-order valence-electron chi connectivity index (χ0n) is 14.8. The van der Waals surface area contributed by atoms with Crippen molar-refractivity contribution in [3.63, 3.8) is 0 Å². The predicted molar refractivity (Wildman–Crippen MR) is 67.5 cm³/mol. The van der Waals surface area contributed by atoms with Crippen LogP contribution in [-0.4, -0.2) is 60.2 Å². The summed E-state index contributed by atoms with van der Waals surface area (Å²) < 4.78 is 221. The smallest absolute Gasteiger partial charge is 0.294 e. The van der Waals surface area contributed by atoms with Gasteiger partial charge in [0.05, 0.1) is 0 Å². The van der Waals surface area contributed by atoms with Crippen LogP contribution in [0.25, 0.3) is 0 Å². The molecule has 0 bridgehead atoms. The molecule has 3 nitrogen and oxygen atoms in total. The van der Waals surface area contributed by atoms with Crippen LogP contribution in [0.15, 0.2) is 12.7 Å². The molecule has 0 spiro atoms. The summed E-state index contributed by atoms with van der Waals surface area (Å²) in [6.07, 6.45) is -10.4. The zero-order chi connectivity index (χ0) is 27.1. The SMILES string of the molecule is C=CC(=O)OOCCC(F)(F)C(F)(F)C(F)(F)C(F)(F)C(F)(F)C(F)(F)C(F)(F)C(F)(F)F. The maximum Gasteiger partial charge on any atom is 0.460 e. The van der Waals surface area contributed by atoms with Crippen LogP contribution in [0.4, 0.5) is 74.6 Å². The van der Waals surface area contributed by atoms with Gasteiger partial charge >= 0.3 is 53.6 Å². The fourth-order valence-corrected chi connectivity index (χ4v) is 1.66. The Bertz CT molecular complexity index is 724. The van der Waals surface area contributed by atoms with E-state index >= 15 is 0 Å². The molecule has 20 heteroatoms. The number of alkyl halides is 17. The average Bonchev–Trinajstić information content (AvgIpc) is 2.62. The highest BCUT2D eigenvalue weighted by molar-refractivity contribution is 5.80. The summed E-state index contributed by atoms with van der Waals surface area (Å²) in [5, 5.41) is 0. The average molecular weight is 534 g/mol. The van der Waals surface area contributed by atoms with Gasteiger partial charge in [0.25, 0.3) is 0 Å². The first-order chi connectivity index (χ1) is 14.2. The fraction of sp³-hybridized carbons (Fsp3) is 0.769. The molecular formula is C13H7F17O3. The van der Waals surface area contributed by atoms with Gasteiger partial charge in [-0.3, -0.25) is 4.89 Å². The molecule has 0 aliphatic heterocycles. The minimum atomic E-state index is -8.68. The van der Waals surface area contributed by atoms with Gasteiger partial charge in [0.2, 0.25) is 0 Å². The first kappa shape index (κ1) is 31.0. The van der Waals surface area contributed by atoms with E-state index in [9.17, 15) is 79.4 Å². The van der Waals surface area contributed by atoms with Crippen LogP contribution < -0.4 is 0 Å². The van der Waals surface area contributed by atoms with Crippen LogP contribution >= 0.6 is 0 Å². The minimum absolute atomic E-state index is 0.264. The second-order valence-electron chi connectivity index (χ2n) is 5.83. The van der Waals surface area contributed by atoms with E-state index in [-0.39, 0.29) is 6.08 Å². The second kappa shape index (κ2) is 8.64. The highest BCUT2D eigenvalue weighted by atomic mass is 19.4. The third kappa shape index (κ3) is 4.66. The normalized spacial score (nSPS) is 15.4. The van der Waals surface area contributed by atoms with E-state index in [1.807, 2.05) is 0 Å². The predicted octanol–water partition coefficient (Wildman–Crippen LogP) is 6.05. The summed E-state index contributed by atoms with van der Waals surface area (Å²) in [4.78, 5) is 17.4. The summed E-state index contributed by atoms with van der Waals surface area (Å²) >= 11 is 0. The molecule has 0 atom stereocenters. The Balaban J connectivity index is 6.26. The monoisotopic (exact) mass is 534 g/mol. The molecule has 0 unspecified atom stereocenters. The Morgan fingerprint density at radius 2 is 0.939 bits per heavy atom. The van der Waals surface area contributed by atoms with Gasteiger partial charge in [-0.05, 0) is 0 Å². The van der Waals surface area contributed by atoms with Gasteiger partial charge in [-0.2, -0.15) is 79.5 Å². The molecule has 196 valence electrons. The van der Waals surface area contributed by atoms with Crippen molar-refractivity contribution >= 4 is 5.97 Å². The van der Waals surface area contributed by atoms with Crippen molar-refractivity contribution in [3.05, 3.63) is 12.7 Å². The first-order valence-corrected chi connectivity index (χ1v) is 7.38. The number of hydrogen-bond donors (Lipinski definition) is 0. The van der Waals surface area contributed by atoms with Gasteiger partial charge < -0.3 is 0 Å². The lowest BCUT2D eigenvalue weighted by molar-refractivity contribution is -0.462. The van der Waals surface area contributed by atoms with Crippen LogP contribution in [-0.2, 0) is 14.6 Å². The van der Waals surface area contributed by atoms with Crippen LogP contribution in [0.5, 0.6) is 0 Å². The molecule has 0 radical (unpaired) electrons. The van der Waals surface area contributed by atoms with E-state index in [0.717, 1.165) is 0 Å². The van der Waals surface area contributed by atoms with E-state index in [0.29, 0.717) is 0 Å². The molecule has 0 heterocycles. The van der Waals surface area contributed by atoms with Gasteiger partial charge in [-0.1, -0.05) is 6.58 Å². The second-order valence-corrected chi connectivity index (χ2v) is 5.83. The number of carbonyl (C=O) groups excluding carboxylic acids is 1. The van der Waals surface area contributed by atoms with Crippen molar-refractivity contribution in [1.29, 1.82) is 0 Å². The summed E-state index contributed by atoms with van der Waals surface area (Å²) in [6, 6.07) is 0. The first-order valence-electron chi connectivity index (χ1n) is 7.38. The van der Waals surface area contributed by atoms with Crippen molar-refractivity contribution in [2.45, 2.75) is 54.1 Å². The molecular weight excluding hydrogens is 527 g/mol. The van der Waals surface area contributed by atoms with Gasteiger partial charge in [0, 0.05) is 12.5 Å². The molecule has 0 aromatic rings. The summed E-state index contributed by atoms with van der Waals surface area (Å²) in [6.45, 7) is 0.647. The molecule has 0 rings (SSSR count). The maximum atomic E-state index is 13.4. The maximum absolute atomic E-state index is 13.4. The van der Waals surface area contributed by atoms with Gasteiger partial charge in [-0.15, -0.1) is 0 Å². The highest BCUT2D eigenvalue weighted by Gasteiger charge is 2.95. The van der Waals surface area contributed by atoms with Crippen LogP contribution in [0.1, 0.15) is 6.42 Å². The number of carbonyl (C=O) groups is 1. The van der Waals surface area contributed by atoms with Crippen LogP contribution in [0, 0.1) is 0 Å². The highest BCUT2D eigenvalue weighted by Crippen LogP contribution is 2.64. The largest absolute Gasteiger partial charge is 0.460 e. The molecule has 0 fully saturated rings. The lowest BCUT2D eigenvalue weighted by Gasteiger charge is -2.42. The quantitative estimate of drug-likeness (QED) is 0.107. The third-order valence-electron chi connectivity index (χ3n) is 3.59. The Labute approximate surface area is 170 Å². The zero-order valence-corrected chi connectivity index (χ0v) is 14.8. The summed E-state index contributed by atoms with van der Waals surface area (Å²) in [7, 11) is 0. The van der Waals surface area contributed by atoms with Crippen LogP contribution in [0.2, 0.25) is 0 Å². The standard InChI is InChI=1S/C13H7F17O3/c1-2-5(31)33-32-4-3-6(14,15)7(16,17)8(18,19)9(20,21)10(22,23)11(24,25)12(26,27)13(28,29)30/h2H,1,3-4H2. The Morgan fingerprint density at radius 1 is 0.606 bits per heavy atom. The molecule has 0 amide bonds. The molecule has 0 saturated carbocycles. The number of hydrogen-bond acceptors (Lipinski definition) is 3. The number of rotatable bonds is 11. The van der Waals surface area contributed by atoms with Gasteiger partial charge in [0.15, 0.2) is 0 Å². The lowest BCUT2D eigenvalue weighted by atomic mass is 9.88. The topological polar surface area (TPSA) is 35.5 Å². The number of halogens is 17. The van der Waals surface area contributed by atoms with E-state index in [1.54, 1.807) is 0 Å². The van der Waals surface area contributed by atoms with Crippen molar-refractivity contribution in [2.24, 2.45) is 0 Å².